The third-order valence-electron chi connectivity index (χ3n) is 4.44. The van der Waals surface area contributed by atoms with Crippen LogP contribution < -0.4 is 5.73 Å². The number of hydrogen-bond donors (Lipinski definition) is 2. The van der Waals surface area contributed by atoms with Crippen LogP contribution in [0.3, 0.4) is 0 Å². The molecule has 66 valence electrons. The fourth-order valence-electron chi connectivity index (χ4n) is 3.87. The van der Waals surface area contributed by atoms with E-state index in [1.54, 1.807) is 0 Å². The lowest BCUT2D eigenvalue weighted by molar-refractivity contribution is -0.145. The van der Waals surface area contributed by atoms with Crippen LogP contribution in [-0.4, -0.2) is 17.1 Å². The van der Waals surface area contributed by atoms with Gasteiger partial charge in [0.1, 0.15) is 0 Å². The van der Waals surface area contributed by atoms with Gasteiger partial charge in [-0.25, -0.2) is 0 Å². The molecule has 0 spiro atoms. The van der Waals surface area contributed by atoms with Crippen LogP contribution in [0.25, 0.3) is 0 Å². The molecule has 3 nitrogen and oxygen atoms in total. The van der Waals surface area contributed by atoms with E-state index in [0.717, 1.165) is 19.3 Å². The summed E-state index contributed by atoms with van der Waals surface area (Å²) < 4.78 is 0. The maximum absolute atomic E-state index is 11.1. The molecule has 0 aromatic rings. The summed E-state index contributed by atoms with van der Waals surface area (Å²) in [7, 11) is 0. The van der Waals surface area contributed by atoms with Crippen molar-refractivity contribution in [3.63, 3.8) is 0 Å². The van der Waals surface area contributed by atoms with Gasteiger partial charge in [-0.3, -0.25) is 4.79 Å². The second kappa shape index (κ2) is 1.69. The Morgan fingerprint density at radius 3 is 2.50 bits per heavy atom. The standard InChI is InChI=1S/C9H13NO2/c10-7-4-1-2-5-6(3-4)9(5,7)8(11)12/h4-7H,1-3,10H2,(H,11,12). The van der Waals surface area contributed by atoms with Gasteiger partial charge in [0.05, 0.1) is 5.41 Å². The summed E-state index contributed by atoms with van der Waals surface area (Å²) in [6.07, 6.45) is 3.35. The number of nitrogens with two attached hydrogens (primary N) is 1. The van der Waals surface area contributed by atoms with Crippen LogP contribution in [0.4, 0.5) is 0 Å². The van der Waals surface area contributed by atoms with E-state index in [4.69, 9.17) is 10.8 Å². The molecule has 4 aliphatic rings. The van der Waals surface area contributed by atoms with E-state index >= 15 is 0 Å². The Bertz CT molecular complexity index is 259. The molecular weight excluding hydrogens is 154 g/mol. The summed E-state index contributed by atoms with van der Waals surface area (Å²) in [5, 5.41) is 9.13. The second-order valence-electron chi connectivity index (χ2n) is 4.55. The molecule has 0 heterocycles. The van der Waals surface area contributed by atoms with Crippen molar-refractivity contribution in [1.29, 1.82) is 0 Å². The fourth-order valence-corrected chi connectivity index (χ4v) is 3.87. The van der Waals surface area contributed by atoms with E-state index in [1.807, 2.05) is 0 Å². The van der Waals surface area contributed by atoms with Gasteiger partial charge < -0.3 is 10.8 Å². The van der Waals surface area contributed by atoms with Gasteiger partial charge in [0, 0.05) is 6.04 Å². The second-order valence-corrected chi connectivity index (χ2v) is 4.55. The predicted molar refractivity (Wildman–Crippen MR) is 42.4 cm³/mol. The number of aliphatic carboxylic acids is 1. The monoisotopic (exact) mass is 167 g/mol. The first-order valence-corrected chi connectivity index (χ1v) is 4.68. The van der Waals surface area contributed by atoms with Crippen molar-refractivity contribution in [3.8, 4) is 0 Å². The molecule has 4 rings (SSSR count). The van der Waals surface area contributed by atoms with E-state index in [9.17, 15) is 4.79 Å². The molecule has 5 unspecified atom stereocenters. The Hall–Kier alpha value is -0.570. The van der Waals surface area contributed by atoms with Crippen molar-refractivity contribution in [2.75, 3.05) is 0 Å². The van der Waals surface area contributed by atoms with Crippen molar-refractivity contribution < 1.29 is 9.90 Å². The highest BCUT2D eigenvalue weighted by molar-refractivity contribution is 5.82. The third kappa shape index (κ3) is 0.454. The molecule has 0 amide bonds. The lowest BCUT2D eigenvalue weighted by atomic mass is 9.78. The van der Waals surface area contributed by atoms with Crippen molar-refractivity contribution in [2.45, 2.75) is 25.3 Å². The number of rotatable bonds is 1. The van der Waals surface area contributed by atoms with Gasteiger partial charge in [-0.2, -0.15) is 0 Å². The van der Waals surface area contributed by atoms with E-state index in [1.165, 1.54) is 0 Å². The average molecular weight is 167 g/mol. The van der Waals surface area contributed by atoms with Gasteiger partial charge in [-0.05, 0) is 37.0 Å². The maximum Gasteiger partial charge on any atom is 0.311 e. The fraction of sp³-hybridized carbons (Fsp3) is 0.889. The quantitative estimate of drug-likeness (QED) is 0.595. The third-order valence-corrected chi connectivity index (χ3v) is 4.44. The molecule has 3 N–H and O–H groups in total. The Morgan fingerprint density at radius 1 is 1.42 bits per heavy atom. The molecule has 0 aromatic carbocycles. The lowest BCUT2D eigenvalue weighted by Gasteiger charge is -2.30. The molecule has 4 fully saturated rings. The van der Waals surface area contributed by atoms with Crippen LogP contribution in [0.1, 0.15) is 19.3 Å². The molecule has 0 saturated heterocycles. The minimum absolute atomic E-state index is 0.0428. The van der Waals surface area contributed by atoms with Crippen molar-refractivity contribution >= 4 is 5.97 Å². The van der Waals surface area contributed by atoms with Gasteiger partial charge in [-0.15, -0.1) is 0 Å². The van der Waals surface area contributed by atoms with E-state index < -0.39 is 11.4 Å². The molecule has 4 saturated carbocycles. The highest BCUT2D eigenvalue weighted by atomic mass is 16.4. The Balaban J connectivity index is 2.04. The summed E-state index contributed by atoms with van der Waals surface area (Å²) >= 11 is 0. The van der Waals surface area contributed by atoms with Gasteiger partial charge in [0.15, 0.2) is 0 Å². The summed E-state index contributed by atoms with van der Waals surface area (Å²) in [4.78, 5) is 11.1. The zero-order valence-corrected chi connectivity index (χ0v) is 6.86. The number of fused-ring (bicyclic) bond motifs is 1. The first-order valence-electron chi connectivity index (χ1n) is 4.68. The Kier molecular flexibility index (Phi) is 0.971. The van der Waals surface area contributed by atoms with E-state index in [2.05, 4.69) is 0 Å². The first-order chi connectivity index (χ1) is 5.69. The zero-order chi connectivity index (χ0) is 8.51. The summed E-state index contributed by atoms with van der Waals surface area (Å²) in [5.41, 5.74) is 5.49. The summed E-state index contributed by atoms with van der Waals surface area (Å²) in [6.45, 7) is 0. The predicted octanol–water partition coefficient (Wildman–Crippen LogP) is 0.444. The van der Waals surface area contributed by atoms with Crippen LogP contribution >= 0.6 is 0 Å². The van der Waals surface area contributed by atoms with Crippen LogP contribution in [0, 0.1) is 23.2 Å². The van der Waals surface area contributed by atoms with Crippen molar-refractivity contribution in [1.82, 2.24) is 0 Å². The largest absolute Gasteiger partial charge is 0.481 e. The topological polar surface area (TPSA) is 63.3 Å². The van der Waals surface area contributed by atoms with Gasteiger partial charge in [0.25, 0.3) is 0 Å². The molecule has 4 aliphatic carbocycles. The van der Waals surface area contributed by atoms with Crippen LogP contribution in [-0.2, 0) is 4.79 Å². The molecule has 5 atom stereocenters. The molecule has 4 bridgehead atoms. The molecular formula is C9H13NO2. The number of carbonyl (C=O) groups is 1. The molecule has 3 heteroatoms. The highest BCUT2D eigenvalue weighted by Crippen LogP contribution is 2.74. The molecule has 0 aromatic heterocycles. The zero-order valence-electron chi connectivity index (χ0n) is 6.86. The smallest absolute Gasteiger partial charge is 0.311 e. The first kappa shape index (κ1) is 6.89. The minimum atomic E-state index is -0.632. The van der Waals surface area contributed by atoms with Crippen LogP contribution in [0.15, 0.2) is 0 Å². The minimum Gasteiger partial charge on any atom is -0.481 e. The van der Waals surface area contributed by atoms with Crippen molar-refractivity contribution in [2.24, 2.45) is 28.9 Å². The van der Waals surface area contributed by atoms with E-state index in [0.29, 0.717) is 17.8 Å². The van der Waals surface area contributed by atoms with Gasteiger partial charge >= 0.3 is 5.97 Å². The molecule has 0 radical (unpaired) electrons. The number of hydrogen-bond acceptors (Lipinski definition) is 2. The summed E-state index contributed by atoms with van der Waals surface area (Å²) in [5.74, 6) is 0.738. The molecule has 12 heavy (non-hydrogen) atoms. The highest BCUT2D eigenvalue weighted by Gasteiger charge is 2.79. The molecule has 0 aliphatic heterocycles. The van der Waals surface area contributed by atoms with Crippen LogP contribution in [0.5, 0.6) is 0 Å². The number of carboxylic acids is 1. The lowest BCUT2D eigenvalue weighted by Crippen LogP contribution is -2.44. The van der Waals surface area contributed by atoms with Crippen molar-refractivity contribution in [3.05, 3.63) is 0 Å². The van der Waals surface area contributed by atoms with Gasteiger partial charge in [0.2, 0.25) is 0 Å². The van der Waals surface area contributed by atoms with Gasteiger partial charge in [-0.1, -0.05) is 0 Å². The normalized spacial score (nSPS) is 60.1. The summed E-state index contributed by atoms with van der Waals surface area (Å²) in [6, 6.07) is -0.0428. The Labute approximate surface area is 70.9 Å². The number of carboxylic acid groups (broad SMARTS) is 1. The Morgan fingerprint density at radius 2 is 2.17 bits per heavy atom. The average Bonchev–Trinajstić information content (AvgIpc) is 2.65. The maximum atomic E-state index is 11.1. The SMILES string of the molecule is NC1C2CCC3C(C2)C13C(=O)O. The van der Waals surface area contributed by atoms with E-state index in [-0.39, 0.29) is 6.04 Å². The van der Waals surface area contributed by atoms with Crippen LogP contribution in [0.2, 0.25) is 0 Å².